The van der Waals surface area contributed by atoms with E-state index >= 15 is 0 Å². The Bertz CT molecular complexity index is 254. The van der Waals surface area contributed by atoms with E-state index in [1.54, 1.807) is 0 Å². The van der Waals surface area contributed by atoms with Gasteiger partial charge in [-0.1, -0.05) is 0 Å². The third-order valence-electron chi connectivity index (χ3n) is 4.49. The van der Waals surface area contributed by atoms with Gasteiger partial charge in [-0.05, 0) is 54.4 Å². The molecule has 2 heteroatoms. The second-order valence-electron chi connectivity index (χ2n) is 6.91. The van der Waals surface area contributed by atoms with Crippen LogP contribution in [-0.4, -0.2) is 46.1 Å². The fourth-order valence-electron chi connectivity index (χ4n) is 3.92. The normalized spacial score (nSPS) is 37.3. The zero-order valence-corrected chi connectivity index (χ0v) is 11.8. The number of piperazine rings is 1. The standard InChI is InChI=1S/C14H28N2/c1-10(2)15-9-12-7-8-13(11(15)3)16(12)14(4,5)6/h10-13H,7-9H2,1-6H3. The molecule has 0 aromatic heterocycles. The van der Waals surface area contributed by atoms with Gasteiger partial charge in [0, 0.05) is 36.3 Å². The molecule has 2 nitrogen and oxygen atoms in total. The van der Waals surface area contributed by atoms with E-state index in [1.807, 2.05) is 0 Å². The second-order valence-corrected chi connectivity index (χ2v) is 6.91. The molecule has 0 amide bonds. The summed E-state index contributed by atoms with van der Waals surface area (Å²) in [5.74, 6) is 0. The lowest BCUT2D eigenvalue weighted by Gasteiger charge is -2.52. The monoisotopic (exact) mass is 224 g/mol. The Morgan fingerprint density at radius 3 is 2.25 bits per heavy atom. The van der Waals surface area contributed by atoms with Gasteiger partial charge in [-0.15, -0.1) is 0 Å². The van der Waals surface area contributed by atoms with Crippen LogP contribution in [0, 0.1) is 0 Å². The Hall–Kier alpha value is -0.0800. The topological polar surface area (TPSA) is 6.48 Å². The summed E-state index contributed by atoms with van der Waals surface area (Å²) >= 11 is 0. The van der Waals surface area contributed by atoms with Gasteiger partial charge < -0.3 is 0 Å². The molecule has 0 N–H and O–H groups in total. The first-order valence-electron chi connectivity index (χ1n) is 6.86. The lowest BCUT2D eigenvalue weighted by atomic mass is 9.95. The van der Waals surface area contributed by atoms with Crippen LogP contribution < -0.4 is 0 Å². The van der Waals surface area contributed by atoms with Gasteiger partial charge >= 0.3 is 0 Å². The van der Waals surface area contributed by atoms with Gasteiger partial charge in [0.25, 0.3) is 0 Å². The highest BCUT2D eigenvalue weighted by Crippen LogP contribution is 2.39. The van der Waals surface area contributed by atoms with Crippen LogP contribution in [-0.2, 0) is 0 Å². The van der Waals surface area contributed by atoms with Crippen molar-refractivity contribution in [1.82, 2.24) is 9.80 Å². The minimum atomic E-state index is 0.336. The van der Waals surface area contributed by atoms with Crippen LogP contribution >= 0.6 is 0 Å². The molecule has 2 rings (SSSR count). The smallest absolute Gasteiger partial charge is 0.0258 e. The largest absolute Gasteiger partial charge is 0.295 e. The summed E-state index contributed by atoms with van der Waals surface area (Å²) in [6, 6.07) is 2.99. The molecule has 0 aromatic carbocycles. The molecule has 0 spiro atoms. The van der Waals surface area contributed by atoms with Crippen molar-refractivity contribution >= 4 is 0 Å². The first-order chi connectivity index (χ1) is 7.32. The predicted octanol–water partition coefficient (Wildman–Crippen LogP) is 2.73. The van der Waals surface area contributed by atoms with Gasteiger partial charge in [0.15, 0.2) is 0 Å². The van der Waals surface area contributed by atoms with Crippen molar-refractivity contribution in [3.8, 4) is 0 Å². The van der Waals surface area contributed by atoms with Gasteiger partial charge in [0.1, 0.15) is 0 Å². The van der Waals surface area contributed by atoms with Crippen molar-refractivity contribution in [2.45, 2.75) is 84.1 Å². The van der Waals surface area contributed by atoms with E-state index < -0.39 is 0 Å². The maximum atomic E-state index is 2.79. The van der Waals surface area contributed by atoms with Crippen molar-refractivity contribution in [2.75, 3.05) is 6.54 Å². The molecule has 0 saturated carbocycles. The van der Waals surface area contributed by atoms with Crippen molar-refractivity contribution in [1.29, 1.82) is 0 Å². The molecule has 2 aliphatic heterocycles. The molecule has 2 bridgehead atoms. The quantitative estimate of drug-likeness (QED) is 0.676. The van der Waals surface area contributed by atoms with E-state index in [1.165, 1.54) is 19.4 Å². The summed E-state index contributed by atoms with van der Waals surface area (Å²) in [6.07, 6.45) is 2.79. The van der Waals surface area contributed by atoms with E-state index in [4.69, 9.17) is 0 Å². The van der Waals surface area contributed by atoms with Crippen molar-refractivity contribution < 1.29 is 0 Å². The van der Waals surface area contributed by atoms with Crippen LogP contribution in [0.5, 0.6) is 0 Å². The van der Waals surface area contributed by atoms with E-state index in [0.29, 0.717) is 11.6 Å². The molecule has 16 heavy (non-hydrogen) atoms. The molecular formula is C14H28N2. The number of hydrogen-bond donors (Lipinski definition) is 0. The first kappa shape index (κ1) is 12.4. The maximum absolute atomic E-state index is 2.79. The van der Waals surface area contributed by atoms with Crippen LogP contribution in [0.4, 0.5) is 0 Å². The van der Waals surface area contributed by atoms with E-state index in [2.05, 4.69) is 51.3 Å². The van der Waals surface area contributed by atoms with E-state index in [-0.39, 0.29) is 0 Å². The number of likely N-dealkylation sites (tertiary alicyclic amines) is 1. The summed E-state index contributed by atoms with van der Waals surface area (Å²) in [5, 5.41) is 0. The second kappa shape index (κ2) is 3.99. The summed E-state index contributed by atoms with van der Waals surface area (Å²) in [5.41, 5.74) is 0.336. The van der Waals surface area contributed by atoms with Crippen LogP contribution in [0.1, 0.15) is 54.4 Å². The Morgan fingerprint density at radius 1 is 1.12 bits per heavy atom. The van der Waals surface area contributed by atoms with Crippen LogP contribution in [0.3, 0.4) is 0 Å². The Kier molecular flexibility index (Phi) is 3.09. The number of hydrogen-bond acceptors (Lipinski definition) is 2. The van der Waals surface area contributed by atoms with Crippen LogP contribution in [0.15, 0.2) is 0 Å². The molecular weight excluding hydrogens is 196 g/mol. The van der Waals surface area contributed by atoms with Gasteiger partial charge in [-0.3, -0.25) is 9.80 Å². The summed E-state index contributed by atoms with van der Waals surface area (Å²) < 4.78 is 0. The molecule has 2 aliphatic rings. The number of fused-ring (bicyclic) bond motifs is 2. The van der Waals surface area contributed by atoms with Crippen LogP contribution in [0.2, 0.25) is 0 Å². The zero-order valence-electron chi connectivity index (χ0n) is 11.8. The minimum absolute atomic E-state index is 0.336. The molecule has 2 fully saturated rings. The number of nitrogens with zero attached hydrogens (tertiary/aromatic N) is 2. The molecule has 3 unspecified atom stereocenters. The van der Waals surface area contributed by atoms with Gasteiger partial charge in [-0.25, -0.2) is 0 Å². The third kappa shape index (κ3) is 1.91. The fourth-order valence-corrected chi connectivity index (χ4v) is 3.92. The first-order valence-corrected chi connectivity index (χ1v) is 6.86. The van der Waals surface area contributed by atoms with Crippen LogP contribution in [0.25, 0.3) is 0 Å². The van der Waals surface area contributed by atoms with Crippen molar-refractivity contribution in [3.05, 3.63) is 0 Å². The van der Waals surface area contributed by atoms with E-state index in [9.17, 15) is 0 Å². The molecule has 2 saturated heterocycles. The highest BCUT2D eigenvalue weighted by molar-refractivity contribution is 5.04. The molecule has 0 aromatic rings. The highest BCUT2D eigenvalue weighted by atomic mass is 15.4. The summed E-state index contributed by atoms with van der Waals surface area (Å²) in [7, 11) is 0. The molecule has 94 valence electrons. The maximum Gasteiger partial charge on any atom is 0.0258 e. The Labute approximate surface area is 101 Å². The number of rotatable bonds is 1. The summed E-state index contributed by atoms with van der Waals surface area (Å²) in [4.78, 5) is 5.49. The lowest BCUT2D eigenvalue weighted by Crippen LogP contribution is -2.64. The van der Waals surface area contributed by atoms with Gasteiger partial charge in [-0.2, -0.15) is 0 Å². The third-order valence-corrected chi connectivity index (χ3v) is 4.49. The average molecular weight is 224 g/mol. The zero-order chi connectivity index (χ0) is 12.1. The molecule has 0 aliphatic carbocycles. The van der Waals surface area contributed by atoms with Crippen molar-refractivity contribution in [2.24, 2.45) is 0 Å². The molecule has 2 heterocycles. The van der Waals surface area contributed by atoms with Gasteiger partial charge in [0.2, 0.25) is 0 Å². The highest BCUT2D eigenvalue weighted by Gasteiger charge is 2.48. The van der Waals surface area contributed by atoms with Gasteiger partial charge in [0.05, 0.1) is 0 Å². The SMILES string of the molecule is CC(C)N1CC2CCC(C1C)N2C(C)(C)C. The Balaban J connectivity index is 2.20. The Morgan fingerprint density at radius 2 is 1.75 bits per heavy atom. The molecule has 0 radical (unpaired) electrons. The van der Waals surface area contributed by atoms with E-state index in [0.717, 1.165) is 18.1 Å². The molecule has 3 atom stereocenters. The summed E-state index contributed by atoms with van der Waals surface area (Å²) in [6.45, 7) is 15.5. The average Bonchev–Trinajstić information content (AvgIpc) is 2.48. The van der Waals surface area contributed by atoms with Crippen molar-refractivity contribution in [3.63, 3.8) is 0 Å². The minimum Gasteiger partial charge on any atom is -0.295 e. The lowest BCUT2D eigenvalue weighted by molar-refractivity contribution is -0.0407. The predicted molar refractivity (Wildman–Crippen MR) is 69.7 cm³/mol. The fraction of sp³-hybridized carbons (Fsp3) is 1.00.